The zero-order valence-electron chi connectivity index (χ0n) is 13.7. The number of hydrogen-bond acceptors (Lipinski definition) is 4. The van der Waals surface area contributed by atoms with Crippen molar-refractivity contribution in [3.8, 4) is 0 Å². The van der Waals surface area contributed by atoms with E-state index in [0.717, 1.165) is 5.56 Å². The van der Waals surface area contributed by atoms with E-state index in [4.69, 9.17) is 4.42 Å². The summed E-state index contributed by atoms with van der Waals surface area (Å²) < 4.78 is 5.18. The Kier molecular flexibility index (Phi) is 5.05. The fraction of sp³-hybridized carbons (Fsp3) is 0.412. The number of nitrogens with zero attached hydrogens (tertiary/aromatic N) is 1. The molecule has 0 aliphatic carbocycles. The van der Waals surface area contributed by atoms with Crippen LogP contribution in [0.1, 0.15) is 32.1 Å². The van der Waals surface area contributed by atoms with Crippen LogP contribution in [0.2, 0.25) is 0 Å². The molecule has 0 saturated carbocycles. The van der Waals surface area contributed by atoms with Gasteiger partial charge >= 0.3 is 6.03 Å². The zero-order valence-corrected chi connectivity index (χ0v) is 13.7. The van der Waals surface area contributed by atoms with E-state index in [0.29, 0.717) is 12.3 Å². The topological polar surface area (TPSA) is 87.4 Å². The molecule has 124 valence electrons. The number of hydrogen-bond donors (Lipinski definition) is 3. The number of carbonyl (C=O) groups excluding carboxylic acids is 1. The number of urea groups is 1. The number of carbonyl (C=O) groups is 1. The number of amides is 2. The van der Waals surface area contributed by atoms with E-state index in [2.05, 4.69) is 15.6 Å². The van der Waals surface area contributed by atoms with E-state index in [1.807, 2.05) is 26.0 Å². The molecule has 0 aromatic carbocycles. The highest BCUT2D eigenvalue weighted by Gasteiger charge is 2.27. The van der Waals surface area contributed by atoms with E-state index < -0.39 is 5.60 Å². The minimum atomic E-state index is -1.25. The highest BCUT2D eigenvalue weighted by atomic mass is 16.4. The van der Waals surface area contributed by atoms with Crippen molar-refractivity contribution < 1.29 is 14.3 Å². The maximum Gasteiger partial charge on any atom is 0.314 e. The highest BCUT2D eigenvalue weighted by molar-refractivity contribution is 5.74. The summed E-state index contributed by atoms with van der Waals surface area (Å²) in [5.41, 5.74) is -0.374. The van der Waals surface area contributed by atoms with Crippen LogP contribution in [0, 0.1) is 0 Å². The third-order valence-electron chi connectivity index (χ3n) is 3.80. The first-order valence-electron chi connectivity index (χ1n) is 7.50. The van der Waals surface area contributed by atoms with Crippen LogP contribution >= 0.6 is 0 Å². The Hall–Kier alpha value is -2.34. The Morgan fingerprint density at radius 3 is 2.43 bits per heavy atom. The molecule has 2 amide bonds. The maximum atomic E-state index is 12.0. The lowest BCUT2D eigenvalue weighted by atomic mass is 9.85. The van der Waals surface area contributed by atoms with Crippen LogP contribution in [-0.4, -0.2) is 29.2 Å². The Balaban J connectivity index is 1.84. The lowest BCUT2D eigenvalue weighted by Crippen LogP contribution is -2.46. The van der Waals surface area contributed by atoms with Crippen LogP contribution in [0.5, 0.6) is 0 Å². The zero-order chi connectivity index (χ0) is 16.9. The Bertz CT molecular complexity index is 622. The Morgan fingerprint density at radius 1 is 1.17 bits per heavy atom. The quantitative estimate of drug-likeness (QED) is 0.762. The van der Waals surface area contributed by atoms with Gasteiger partial charge in [-0.3, -0.25) is 4.98 Å². The summed E-state index contributed by atoms with van der Waals surface area (Å²) in [6.45, 7) is 6.20. The van der Waals surface area contributed by atoms with Crippen molar-refractivity contribution in [3.63, 3.8) is 0 Å². The molecular weight excluding hydrogens is 294 g/mol. The second-order valence-corrected chi connectivity index (χ2v) is 6.41. The van der Waals surface area contributed by atoms with Gasteiger partial charge in [-0.15, -0.1) is 0 Å². The molecule has 3 N–H and O–H groups in total. The lowest BCUT2D eigenvalue weighted by molar-refractivity contribution is 0.0367. The van der Waals surface area contributed by atoms with Crippen LogP contribution in [0.4, 0.5) is 4.79 Å². The first-order valence-corrected chi connectivity index (χ1v) is 7.50. The van der Waals surface area contributed by atoms with Crippen molar-refractivity contribution in [2.24, 2.45) is 0 Å². The van der Waals surface area contributed by atoms with E-state index in [1.54, 1.807) is 31.5 Å². The van der Waals surface area contributed by atoms with Gasteiger partial charge in [0.05, 0.1) is 12.8 Å². The fourth-order valence-electron chi connectivity index (χ4n) is 2.19. The molecule has 0 fully saturated rings. The maximum absolute atomic E-state index is 12.0. The van der Waals surface area contributed by atoms with Crippen molar-refractivity contribution in [2.75, 3.05) is 13.1 Å². The summed E-state index contributed by atoms with van der Waals surface area (Å²) in [6, 6.07) is 6.90. The lowest BCUT2D eigenvalue weighted by Gasteiger charge is -2.26. The molecule has 0 aliphatic heterocycles. The molecular formula is C17H23N3O3. The van der Waals surface area contributed by atoms with Crippen LogP contribution in [0.3, 0.4) is 0 Å². The van der Waals surface area contributed by atoms with Gasteiger partial charge in [-0.05, 0) is 36.8 Å². The van der Waals surface area contributed by atoms with Gasteiger partial charge in [-0.1, -0.05) is 13.8 Å². The normalized spacial score (nSPS) is 14.1. The number of pyridine rings is 1. The molecule has 2 aromatic heterocycles. The molecule has 6 heteroatoms. The predicted octanol–water partition coefficient (Wildman–Crippen LogP) is 2.16. The van der Waals surface area contributed by atoms with Gasteiger partial charge in [0.2, 0.25) is 0 Å². The van der Waals surface area contributed by atoms with E-state index in [1.165, 1.54) is 6.26 Å². The van der Waals surface area contributed by atoms with Crippen LogP contribution in [0.25, 0.3) is 0 Å². The molecule has 0 saturated heterocycles. The Labute approximate surface area is 135 Å². The monoisotopic (exact) mass is 317 g/mol. The van der Waals surface area contributed by atoms with Crippen molar-refractivity contribution in [1.29, 1.82) is 0 Å². The molecule has 23 heavy (non-hydrogen) atoms. The molecule has 2 heterocycles. The molecule has 0 radical (unpaired) electrons. The number of aromatic nitrogens is 1. The molecule has 2 aromatic rings. The summed E-state index contributed by atoms with van der Waals surface area (Å²) in [4.78, 5) is 16.0. The van der Waals surface area contributed by atoms with Crippen molar-refractivity contribution in [3.05, 3.63) is 54.2 Å². The van der Waals surface area contributed by atoms with Crippen LogP contribution in [-0.2, 0) is 11.0 Å². The van der Waals surface area contributed by atoms with Crippen molar-refractivity contribution in [1.82, 2.24) is 15.6 Å². The van der Waals surface area contributed by atoms with E-state index in [-0.39, 0.29) is 18.0 Å². The molecule has 0 aliphatic rings. The predicted molar refractivity (Wildman–Crippen MR) is 86.9 cm³/mol. The second kappa shape index (κ2) is 6.83. The Morgan fingerprint density at radius 2 is 1.83 bits per heavy atom. The summed E-state index contributed by atoms with van der Waals surface area (Å²) in [5, 5.41) is 15.8. The van der Waals surface area contributed by atoms with Gasteiger partial charge in [-0.2, -0.15) is 0 Å². The summed E-state index contributed by atoms with van der Waals surface area (Å²) >= 11 is 0. The van der Waals surface area contributed by atoms with Gasteiger partial charge in [-0.25, -0.2) is 4.79 Å². The standard InChI is InChI=1S/C17H23N3O3/c1-16(2,13-6-8-18-9-7-13)11-19-15(21)20-12-17(3,22)14-5-4-10-23-14/h4-10,22H,11-12H2,1-3H3,(H2,19,20,21). The van der Waals surface area contributed by atoms with Crippen molar-refractivity contribution >= 4 is 6.03 Å². The fourth-order valence-corrected chi connectivity index (χ4v) is 2.19. The number of rotatable bonds is 6. The average Bonchev–Trinajstić information content (AvgIpc) is 3.07. The minimum absolute atomic E-state index is 0.0576. The second-order valence-electron chi connectivity index (χ2n) is 6.41. The van der Waals surface area contributed by atoms with Crippen LogP contribution < -0.4 is 10.6 Å². The molecule has 1 unspecified atom stereocenters. The van der Waals surface area contributed by atoms with Gasteiger partial charge in [0.15, 0.2) is 0 Å². The van der Waals surface area contributed by atoms with Gasteiger partial charge in [0, 0.05) is 24.4 Å². The molecule has 2 rings (SSSR count). The van der Waals surface area contributed by atoms with E-state index >= 15 is 0 Å². The minimum Gasteiger partial charge on any atom is -0.466 e. The highest BCUT2D eigenvalue weighted by Crippen LogP contribution is 2.21. The van der Waals surface area contributed by atoms with Gasteiger partial charge in [0.1, 0.15) is 11.4 Å². The first kappa shape index (κ1) is 17.0. The average molecular weight is 317 g/mol. The molecule has 0 spiro atoms. The van der Waals surface area contributed by atoms with E-state index in [9.17, 15) is 9.90 Å². The van der Waals surface area contributed by atoms with Crippen molar-refractivity contribution in [2.45, 2.75) is 31.8 Å². The summed E-state index contributed by atoms with van der Waals surface area (Å²) in [5.74, 6) is 0.412. The summed E-state index contributed by atoms with van der Waals surface area (Å²) in [6.07, 6.45) is 4.95. The summed E-state index contributed by atoms with van der Waals surface area (Å²) in [7, 11) is 0. The third kappa shape index (κ3) is 4.56. The van der Waals surface area contributed by atoms with Gasteiger partial charge in [0.25, 0.3) is 0 Å². The van der Waals surface area contributed by atoms with Crippen LogP contribution in [0.15, 0.2) is 47.3 Å². The molecule has 0 bridgehead atoms. The smallest absolute Gasteiger partial charge is 0.314 e. The number of aliphatic hydroxyl groups is 1. The SMILES string of the molecule is CC(C)(CNC(=O)NCC(C)(O)c1ccco1)c1ccncc1. The number of nitrogens with one attached hydrogen (secondary N) is 2. The first-order chi connectivity index (χ1) is 10.8. The largest absolute Gasteiger partial charge is 0.466 e. The van der Waals surface area contributed by atoms with Gasteiger partial charge < -0.3 is 20.2 Å². The number of furan rings is 1. The molecule has 1 atom stereocenters. The molecule has 6 nitrogen and oxygen atoms in total. The third-order valence-corrected chi connectivity index (χ3v) is 3.80.